The number of aryl methyl sites for hydroxylation is 2. The molecule has 1 aliphatic heterocycles. The number of rotatable bonds is 5. The number of methoxy groups -OCH3 is 1. The van der Waals surface area contributed by atoms with E-state index in [1.54, 1.807) is 18.2 Å². The Morgan fingerprint density at radius 1 is 1.00 bits per heavy atom. The number of hydrogen-bond acceptors (Lipinski definition) is 5. The van der Waals surface area contributed by atoms with Gasteiger partial charge < -0.3 is 19.7 Å². The fourth-order valence-corrected chi connectivity index (χ4v) is 4.71. The van der Waals surface area contributed by atoms with Gasteiger partial charge in [-0.2, -0.15) is 5.10 Å². The van der Waals surface area contributed by atoms with E-state index < -0.39 is 5.60 Å². The zero-order chi connectivity index (χ0) is 26.7. The molecule has 0 unspecified atom stereocenters. The average molecular weight is 505 g/mol. The summed E-state index contributed by atoms with van der Waals surface area (Å²) in [7, 11) is 1.63. The fraction of sp³-hybridized carbons (Fsp3) is 0.414. The van der Waals surface area contributed by atoms with Gasteiger partial charge in [0.25, 0.3) is 5.91 Å². The number of hydrogen-bond donors (Lipinski definition) is 1. The zero-order valence-corrected chi connectivity index (χ0v) is 22.5. The molecule has 3 aromatic rings. The van der Waals surface area contributed by atoms with Gasteiger partial charge >= 0.3 is 6.09 Å². The highest BCUT2D eigenvalue weighted by Crippen LogP contribution is 2.34. The van der Waals surface area contributed by atoms with E-state index >= 15 is 0 Å². The van der Waals surface area contributed by atoms with E-state index in [-0.39, 0.29) is 17.9 Å². The number of para-hydroxylation sites is 1. The minimum Gasteiger partial charge on any atom is -0.497 e. The number of carbonyl (C=O) groups is 2. The summed E-state index contributed by atoms with van der Waals surface area (Å²) in [6, 6.07) is 13.6. The molecule has 1 saturated heterocycles. The Kier molecular flexibility index (Phi) is 7.57. The summed E-state index contributed by atoms with van der Waals surface area (Å²) >= 11 is 0. The molecule has 0 aliphatic carbocycles. The molecule has 0 atom stereocenters. The Morgan fingerprint density at radius 2 is 1.62 bits per heavy atom. The number of nitrogens with zero attached hydrogens (tertiary/aromatic N) is 3. The number of likely N-dealkylation sites (tertiary alicyclic amines) is 1. The van der Waals surface area contributed by atoms with Crippen molar-refractivity contribution in [1.82, 2.24) is 14.7 Å². The van der Waals surface area contributed by atoms with Crippen LogP contribution in [0, 0.1) is 13.8 Å². The predicted octanol–water partition coefficient (Wildman–Crippen LogP) is 5.86. The van der Waals surface area contributed by atoms with Crippen LogP contribution in [0.5, 0.6) is 5.75 Å². The minimum atomic E-state index is -0.542. The van der Waals surface area contributed by atoms with Crippen molar-refractivity contribution < 1.29 is 19.1 Å². The van der Waals surface area contributed by atoms with Crippen LogP contribution < -0.4 is 10.1 Å². The molecule has 1 aliphatic rings. The summed E-state index contributed by atoms with van der Waals surface area (Å²) < 4.78 is 12.7. The number of aromatic nitrogens is 2. The second-order valence-electron chi connectivity index (χ2n) is 10.5. The lowest BCUT2D eigenvalue weighted by Gasteiger charge is -2.34. The molecule has 0 radical (unpaired) electrons. The molecule has 1 N–H and O–H groups in total. The summed E-state index contributed by atoms with van der Waals surface area (Å²) in [4.78, 5) is 27.9. The van der Waals surface area contributed by atoms with Gasteiger partial charge in [-0.15, -0.1) is 0 Å². The van der Waals surface area contributed by atoms with E-state index in [4.69, 9.17) is 9.47 Å². The number of amides is 2. The first-order valence-electron chi connectivity index (χ1n) is 12.6. The van der Waals surface area contributed by atoms with Gasteiger partial charge in [0.2, 0.25) is 0 Å². The maximum atomic E-state index is 13.6. The van der Waals surface area contributed by atoms with Gasteiger partial charge in [0, 0.05) is 24.7 Å². The summed E-state index contributed by atoms with van der Waals surface area (Å²) in [5, 5.41) is 7.75. The molecule has 37 heavy (non-hydrogen) atoms. The SMILES string of the molecule is COc1ccc(-n2ncc(C(=O)Nc3c(C)cccc3C)c2C2CCN(C(=O)OC(C)(C)C)CC2)cc1. The molecular weight excluding hydrogens is 468 g/mol. The topological polar surface area (TPSA) is 85.7 Å². The van der Waals surface area contributed by atoms with E-state index in [9.17, 15) is 9.59 Å². The minimum absolute atomic E-state index is 0.0435. The summed E-state index contributed by atoms with van der Waals surface area (Å²) in [6.45, 7) is 10.7. The van der Waals surface area contributed by atoms with Gasteiger partial charge in [0.1, 0.15) is 11.4 Å². The molecule has 4 rings (SSSR count). The Labute approximate surface area is 218 Å². The number of piperidine rings is 1. The number of anilines is 1. The lowest BCUT2D eigenvalue weighted by molar-refractivity contribution is 0.0203. The number of carbonyl (C=O) groups excluding carboxylic acids is 2. The smallest absolute Gasteiger partial charge is 0.410 e. The molecule has 8 heteroatoms. The maximum absolute atomic E-state index is 13.6. The molecule has 1 fully saturated rings. The predicted molar refractivity (Wildman–Crippen MR) is 144 cm³/mol. The van der Waals surface area contributed by atoms with E-state index in [0.29, 0.717) is 31.5 Å². The molecule has 2 heterocycles. The molecule has 1 aromatic heterocycles. The van der Waals surface area contributed by atoms with Crippen molar-refractivity contribution in [2.24, 2.45) is 0 Å². The summed E-state index contributed by atoms with van der Waals surface area (Å²) in [5.74, 6) is 0.597. The molecular formula is C29H36N4O4. The highest BCUT2D eigenvalue weighted by Gasteiger charge is 2.32. The first-order chi connectivity index (χ1) is 17.6. The Bertz CT molecular complexity index is 1250. The summed E-state index contributed by atoms with van der Waals surface area (Å²) in [6.07, 6.45) is 2.74. The molecule has 8 nitrogen and oxygen atoms in total. The van der Waals surface area contributed by atoms with E-state index in [1.807, 2.05) is 81.8 Å². The molecule has 0 spiro atoms. The quantitative estimate of drug-likeness (QED) is 0.470. The van der Waals surface area contributed by atoms with Crippen molar-refractivity contribution in [2.45, 2.75) is 59.0 Å². The molecule has 2 amide bonds. The highest BCUT2D eigenvalue weighted by atomic mass is 16.6. The van der Waals surface area contributed by atoms with Crippen LogP contribution in [-0.2, 0) is 4.74 Å². The van der Waals surface area contributed by atoms with Crippen molar-refractivity contribution in [3.05, 3.63) is 71.0 Å². The van der Waals surface area contributed by atoms with Crippen molar-refractivity contribution in [3.8, 4) is 11.4 Å². The van der Waals surface area contributed by atoms with Crippen LogP contribution in [0.25, 0.3) is 5.69 Å². The standard InChI is InChI=1S/C29H36N4O4/c1-19-8-7-9-20(2)25(19)31-27(34)24-18-30-33(22-10-12-23(36-6)13-11-22)26(24)21-14-16-32(17-15-21)28(35)37-29(3,4)5/h7-13,18,21H,14-17H2,1-6H3,(H,31,34). The zero-order valence-electron chi connectivity index (χ0n) is 22.5. The molecule has 0 saturated carbocycles. The lowest BCUT2D eigenvalue weighted by atomic mass is 9.90. The molecule has 2 aromatic carbocycles. The monoisotopic (exact) mass is 504 g/mol. The third-order valence-corrected chi connectivity index (χ3v) is 6.62. The van der Waals surface area contributed by atoms with Crippen LogP contribution >= 0.6 is 0 Å². The van der Waals surface area contributed by atoms with Gasteiger partial charge in [-0.3, -0.25) is 4.79 Å². The Morgan fingerprint density at radius 3 is 2.19 bits per heavy atom. The van der Waals surface area contributed by atoms with Gasteiger partial charge in [-0.1, -0.05) is 18.2 Å². The molecule has 0 bridgehead atoms. The van der Waals surface area contributed by atoms with Crippen LogP contribution in [0.3, 0.4) is 0 Å². The van der Waals surface area contributed by atoms with E-state index in [2.05, 4.69) is 10.4 Å². The second-order valence-corrected chi connectivity index (χ2v) is 10.5. The van der Waals surface area contributed by atoms with Crippen LogP contribution in [0.1, 0.15) is 66.7 Å². The average Bonchev–Trinajstić information content (AvgIpc) is 3.31. The van der Waals surface area contributed by atoms with Gasteiger partial charge in [-0.05, 0) is 82.9 Å². The van der Waals surface area contributed by atoms with Crippen molar-refractivity contribution in [2.75, 3.05) is 25.5 Å². The van der Waals surface area contributed by atoms with Crippen LogP contribution in [0.2, 0.25) is 0 Å². The Balaban J connectivity index is 1.64. The van der Waals surface area contributed by atoms with Gasteiger partial charge in [0.15, 0.2) is 0 Å². The van der Waals surface area contributed by atoms with Crippen molar-refractivity contribution in [3.63, 3.8) is 0 Å². The van der Waals surface area contributed by atoms with E-state index in [1.165, 1.54) is 0 Å². The second kappa shape index (κ2) is 10.7. The number of benzene rings is 2. The van der Waals surface area contributed by atoms with Gasteiger partial charge in [0.05, 0.1) is 30.3 Å². The van der Waals surface area contributed by atoms with E-state index in [0.717, 1.165) is 33.9 Å². The maximum Gasteiger partial charge on any atom is 0.410 e. The third-order valence-electron chi connectivity index (χ3n) is 6.62. The highest BCUT2D eigenvalue weighted by molar-refractivity contribution is 6.06. The Hall–Kier alpha value is -3.81. The normalized spacial score (nSPS) is 14.4. The van der Waals surface area contributed by atoms with Crippen molar-refractivity contribution in [1.29, 1.82) is 0 Å². The van der Waals surface area contributed by atoms with Crippen molar-refractivity contribution >= 4 is 17.7 Å². The van der Waals surface area contributed by atoms with Crippen LogP contribution in [-0.4, -0.2) is 52.5 Å². The first-order valence-corrected chi connectivity index (χ1v) is 12.6. The largest absolute Gasteiger partial charge is 0.497 e. The third kappa shape index (κ3) is 5.96. The van der Waals surface area contributed by atoms with Gasteiger partial charge in [-0.25, -0.2) is 9.48 Å². The lowest BCUT2D eigenvalue weighted by Crippen LogP contribution is -2.41. The van der Waals surface area contributed by atoms with Crippen LogP contribution in [0.4, 0.5) is 10.5 Å². The van der Waals surface area contributed by atoms with Crippen LogP contribution in [0.15, 0.2) is 48.7 Å². The number of nitrogens with one attached hydrogen (secondary N) is 1. The number of ether oxygens (including phenoxy) is 2. The first kappa shape index (κ1) is 26.3. The summed E-state index contributed by atoms with van der Waals surface area (Å²) in [5.41, 5.74) is 4.50. The molecule has 196 valence electrons. The fourth-order valence-electron chi connectivity index (χ4n) is 4.71.